The van der Waals surface area contributed by atoms with E-state index in [1.54, 1.807) is 23.8 Å². The lowest BCUT2D eigenvalue weighted by molar-refractivity contribution is 0.0472. The molecule has 0 saturated heterocycles. The molecule has 3 aromatic heterocycles. The van der Waals surface area contributed by atoms with E-state index in [0.29, 0.717) is 21.2 Å². The summed E-state index contributed by atoms with van der Waals surface area (Å²) in [6.45, 7) is 1.78. The molecule has 0 saturated carbocycles. The van der Waals surface area contributed by atoms with Crippen LogP contribution in [0.5, 0.6) is 0 Å². The van der Waals surface area contributed by atoms with E-state index in [-0.39, 0.29) is 12.2 Å². The molecule has 3 rings (SSSR count). The molecule has 0 unspecified atom stereocenters. The average molecular weight is 307 g/mol. The van der Waals surface area contributed by atoms with Gasteiger partial charge in [-0.3, -0.25) is 4.79 Å². The molecule has 0 aromatic carbocycles. The summed E-state index contributed by atoms with van der Waals surface area (Å²) in [5.74, 6) is -0.401. The predicted octanol–water partition coefficient (Wildman–Crippen LogP) is 1.88. The van der Waals surface area contributed by atoms with Crippen molar-refractivity contribution < 1.29 is 9.53 Å². The first kappa shape index (κ1) is 12.9. The van der Waals surface area contributed by atoms with Crippen LogP contribution < -0.4 is 5.56 Å². The van der Waals surface area contributed by atoms with Crippen molar-refractivity contribution in [2.75, 3.05) is 0 Å². The minimum atomic E-state index is -0.401. The molecule has 0 radical (unpaired) electrons. The first-order chi connectivity index (χ1) is 9.63. The van der Waals surface area contributed by atoms with E-state index >= 15 is 0 Å². The Balaban J connectivity index is 1.80. The monoisotopic (exact) mass is 307 g/mol. The highest BCUT2D eigenvalue weighted by atomic mass is 32.1. The molecule has 0 amide bonds. The number of carbonyl (C=O) groups is 1. The fourth-order valence-corrected chi connectivity index (χ4v) is 3.09. The van der Waals surface area contributed by atoms with E-state index in [9.17, 15) is 9.59 Å². The quantitative estimate of drug-likeness (QED) is 0.691. The van der Waals surface area contributed by atoms with Crippen molar-refractivity contribution in [3.63, 3.8) is 0 Å². The SMILES string of the molecule is Cc1cc(=O)n2nc(COC(=O)c3ccsc3)sc2n1. The summed E-state index contributed by atoms with van der Waals surface area (Å²) < 4.78 is 6.36. The van der Waals surface area contributed by atoms with Gasteiger partial charge in [-0.05, 0) is 18.4 Å². The Labute approximate surface area is 121 Å². The van der Waals surface area contributed by atoms with E-state index in [4.69, 9.17) is 4.74 Å². The number of hydrogen-bond acceptors (Lipinski definition) is 7. The molecule has 102 valence electrons. The van der Waals surface area contributed by atoms with Gasteiger partial charge in [-0.2, -0.15) is 21.0 Å². The third-order valence-corrected chi connectivity index (χ3v) is 4.06. The van der Waals surface area contributed by atoms with Crippen LogP contribution in [-0.4, -0.2) is 20.6 Å². The van der Waals surface area contributed by atoms with Crippen molar-refractivity contribution in [3.8, 4) is 0 Å². The standard InChI is InChI=1S/C12H9N3O3S2/c1-7-4-10(16)15-12(13-7)20-9(14-15)5-18-11(17)8-2-3-19-6-8/h2-4,6H,5H2,1H3. The van der Waals surface area contributed by atoms with Crippen LogP contribution in [0.4, 0.5) is 0 Å². The molecule has 0 aliphatic rings. The molecule has 0 atom stereocenters. The second-order valence-corrected chi connectivity index (χ2v) is 5.83. The van der Waals surface area contributed by atoms with Crippen molar-refractivity contribution >= 4 is 33.6 Å². The number of carbonyl (C=O) groups excluding carboxylic acids is 1. The Hall–Kier alpha value is -2.06. The first-order valence-corrected chi connectivity index (χ1v) is 7.45. The number of ether oxygens (including phenoxy) is 1. The van der Waals surface area contributed by atoms with Crippen molar-refractivity contribution in [2.24, 2.45) is 0 Å². The van der Waals surface area contributed by atoms with Gasteiger partial charge >= 0.3 is 5.97 Å². The lowest BCUT2D eigenvalue weighted by Crippen LogP contribution is -2.14. The molecule has 0 N–H and O–H groups in total. The summed E-state index contributed by atoms with van der Waals surface area (Å²) in [4.78, 5) is 28.1. The fraction of sp³-hybridized carbons (Fsp3) is 0.167. The average Bonchev–Trinajstić information content (AvgIpc) is 3.04. The van der Waals surface area contributed by atoms with Crippen LogP contribution in [0.2, 0.25) is 0 Å². The van der Waals surface area contributed by atoms with E-state index in [1.165, 1.54) is 33.3 Å². The van der Waals surface area contributed by atoms with Gasteiger partial charge in [-0.15, -0.1) is 0 Å². The lowest BCUT2D eigenvalue weighted by atomic mass is 10.3. The van der Waals surface area contributed by atoms with Crippen LogP contribution in [0.1, 0.15) is 21.1 Å². The van der Waals surface area contributed by atoms with Gasteiger partial charge in [0.2, 0.25) is 4.96 Å². The van der Waals surface area contributed by atoms with Crippen molar-refractivity contribution in [2.45, 2.75) is 13.5 Å². The predicted molar refractivity (Wildman–Crippen MR) is 75.3 cm³/mol. The van der Waals surface area contributed by atoms with E-state index < -0.39 is 5.97 Å². The van der Waals surface area contributed by atoms with Gasteiger partial charge in [0.15, 0.2) is 5.01 Å². The molecule has 0 aliphatic carbocycles. The lowest BCUT2D eigenvalue weighted by Gasteiger charge is -1.98. The number of fused-ring (bicyclic) bond motifs is 1. The van der Waals surface area contributed by atoms with E-state index in [2.05, 4.69) is 10.1 Å². The molecular formula is C12H9N3O3S2. The van der Waals surface area contributed by atoms with Crippen LogP contribution in [-0.2, 0) is 11.3 Å². The van der Waals surface area contributed by atoms with Crippen molar-refractivity contribution in [1.29, 1.82) is 0 Å². The molecule has 8 heteroatoms. The maximum atomic E-state index is 11.7. The second-order valence-electron chi connectivity index (χ2n) is 4.01. The van der Waals surface area contributed by atoms with Crippen LogP contribution >= 0.6 is 22.7 Å². The molecule has 0 aliphatic heterocycles. The Morgan fingerprint density at radius 2 is 2.35 bits per heavy atom. The van der Waals surface area contributed by atoms with Crippen LogP contribution in [0.25, 0.3) is 4.96 Å². The number of aromatic nitrogens is 3. The molecule has 3 aromatic rings. The van der Waals surface area contributed by atoms with Crippen LogP contribution in [0, 0.1) is 6.92 Å². The zero-order chi connectivity index (χ0) is 14.1. The Morgan fingerprint density at radius 3 is 3.10 bits per heavy atom. The summed E-state index contributed by atoms with van der Waals surface area (Å²) in [6.07, 6.45) is 0. The summed E-state index contributed by atoms with van der Waals surface area (Å²) in [5.41, 5.74) is 0.918. The summed E-state index contributed by atoms with van der Waals surface area (Å²) >= 11 is 2.66. The number of aryl methyl sites for hydroxylation is 1. The molecular weight excluding hydrogens is 298 g/mol. The Kier molecular flexibility index (Phi) is 3.33. The summed E-state index contributed by atoms with van der Waals surface area (Å²) in [7, 11) is 0. The molecule has 3 heterocycles. The van der Waals surface area contributed by atoms with Crippen molar-refractivity contribution in [1.82, 2.24) is 14.6 Å². The number of esters is 1. The van der Waals surface area contributed by atoms with E-state index in [1.807, 2.05) is 0 Å². The normalized spacial score (nSPS) is 10.8. The largest absolute Gasteiger partial charge is 0.455 e. The molecule has 0 bridgehead atoms. The third kappa shape index (κ3) is 2.47. The van der Waals surface area contributed by atoms with Gasteiger partial charge in [0.25, 0.3) is 5.56 Å². The third-order valence-electron chi connectivity index (χ3n) is 2.50. The van der Waals surface area contributed by atoms with Crippen LogP contribution in [0.3, 0.4) is 0 Å². The van der Waals surface area contributed by atoms with Gasteiger partial charge in [-0.25, -0.2) is 9.78 Å². The highest BCUT2D eigenvalue weighted by Crippen LogP contribution is 2.14. The van der Waals surface area contributed by atoms with Gasteiger partial charge in [0.1, 0.15) is 6.61 Å². The first-order valence-electron chi connectivity index (χ1n) is 5.69. The topological polar surface area (TPSA) is 73.6 Å². The highest BCUT2D eigenvalue weighted by molar-refractivity contribution is 7.16. The minimum Gasteiger partial charge on any atom is -0.455 e. The van der Waals surface area contributed by atoms with Gasteiger partial charge in [-0.1, -0.05) is 11.3 Å². The number of thiophene rings is 1. The molecule has 6 nitrogen and oxygen atoms in total. The van der Waals surface area contributed by atoms with Crippen molar-refractivity contribution in [3.05, 3.63) is 49.5 Å². The smallest absolute Gasteiger partial charge is 0.339 e. The number of rotatable bonds is 3. The van der Waals surface area contributed by atoms with Gasteiger partial charge in [0, 0.05) is 17.1 Å². The number of nitrogens with zero attached hydrogens (tertiary/aromatic N) is 3. The Bertz CT molecular complexity index is 820. The second kappa shape index (κ2) is 5.14. The maximum Gasteiger partial charge on any atom is 0.339 e. The summed E-state index contributed by atoms with van der Waals surface area (Å²) in [6, 6.07) is 3.11. The van der Waals surface area contributed by atoms with Gasteiger partial charge in [0.05, 0.1) is 5.56 Å². The zero-order valence-corrected chi connectivity index (χ0v) is 12.0. The highest BCUT2D eigenvalue weighted by Gasteiger charge is 2.11. The minimum absolute atomic E-state index is 0.0290. The zero-order valence-electron chi connectivity index (χ0n) is 10.4. The molecule has 0 fully saturated rings. The maximum absolute atomic E-state index is 11.7. The molecule has 0 spiro atoms. The Morgan fingerprint density at radius 1 is 1.50 bits per heavy atom. The molecule has 20 heavy (non-hydrogen) atoms. The number of hydrogen-bond donors (Lipinski definition) is 0. The van der Waals surface area contributed by atoms with Gasteiger partial charge < -0.3 is 4.74 Å². The fourth-order valence-electron chi connectivity index (χ4n) is 1.61. The summed E-state index contributed by atoms with van der Waals surface area (Å²) in [5, 5.41) is 8.15. The van der Waals surface area contributed by atoms with E-state index in [0.717, 1.165) is 0 Å². The van der Waals surface area contributed by atoms with Crippen LogP contribution in [0.15, 0.2) is 27.7 Å².